The molecule has 0 bridgehead atoms. The number of anilines is 2. The van der Waals surface area contributed by atoms with E-state index in [0.717, 1.165) is 22.4 Å². The van der Waals surface area contributed by atoms with Crippen LogP contribution in [-0.2, 0) is 6.54 Å². The zero-order valence-electron chi connectivity index (χ0n) is 16.1. The Morgan fingerprint density at radius 3 is 2.39 bits per heavy atom. The van der Waals surface area contributed by atoms with Gasteiger partial charge in [0.25, 0.3) is 0 Å². The van der Waals surface area contributed by atoms with Crippen molar-refractivity contribution in [2.75, 3.05) is 17.7 Å². The first kappa shape index (κ1) is 19.2. The van der Waals surface area contributed by atoms with Crippen LogP contribution in [-0.4, -0.2) is 12.2 Å². The smallest absolute Gasteiger partial charge is 0.148 e. The van der Waals surface area contributed by atoms with Crippen LogP contribution < -0.4 is 10.6 Å². The summed E-state index contributed by atoms with van der Waals surface area (Å²) in [6.07, 6.45) is 1.81. The quantitative estimate of drug-likeness (QED) is 0.413. The van der Waals surface area contributed by atoms with Crippen molar-refractivity contribution in [2.24, 2.45) is 10.2 Å². The number of phenolic OH excluding ortho intramolecular Hbond substituents is 1. The molecule has 5 heteroatoms. The molecule has 0 aliphatic carbocycles. The third kappa shape index (κ3) is 4.38. The highest BCUT2D eigenvalue weighted by atomic mass is 16.3. The normalized spacial score (nSPS) is 10.9. The predicted molar refractivity (Wildman–Crippen MR) is 117 cm³/mol. The lowest BCUT2D eigenvalue weighted by atomic mass is 10.1. The number of aryl methyl sites for hydroxylation is 1. The van der Waals surface area contributed by atoms with Crippen LogP contribution >= 0.6 is 0 Å². The second kappa shape index (κ2) is 8.39. The van der Waals surface area contributed by atoms with Crippen molar-refractivity contribution in [1.29, 1.82) is 0 Å². The highest BCUT2D eigenvalue weighted by Gasteiger charge is 2.12. The van der Waals surface area contributed by atoms with Gasteiger partial charge >= 0.3 is 0 Å². The first-order chi connectivity index (χ1) is 13.5. The molecular formula is C23H24N4O. The Hall–Kier alpha value is -3.60. The molecule has 0 radical (unpaired) electrons. The Kier molecular flexibility index (Phi) is 5.75. The summed E-state index contributed by atoms with van der Waals surface area (Å²) < 4.78 is 0. The largest absolute Gasteiger partial charge is 0.505 e. The highest BCUT2D eigenvalue weighted by molar-refractivity contribution is 5.63. The number of phenols is 1. The van der Waals surface area contributed by atoms with Gasteiger partial charge in [0.1, 0.15) is 17.1 Å². The lowest BCUT2D eigenvalue weighted by Gasteiger charge is -2.21. The number of nitrogen functional groups attached to an aromatic ring is 1. The summed E-state index contributed by atoms with van der Waals surface area (Å²) >= 11 is 0. The van der Waals surface area contributed by atoms with E-state index in [9.17, 15) is 5.11 Å². The number of hydrogen-bond acceptors (Lipinski definition) is 5. The summed E-state index contributed by atoms with van der Waals surface area (Å²) in [5, 5.41) is 19.1. The fourth-order valence-electron chi connectivity index (χ4n) is 2.93. The van der Waals surface area contributed by atoms with Gasteiger partial charge in [-0.05, 0) is 48.4 Å². The molecule has 0 saturated heterocycles. The number of benzene rings is 3. The van der Waals surface area contributed by atoms with E-state index in [0.29, 0.717) is 23.6 Å². The molecule has 142 valence electrons. The second-order valence-corrected chi connectivity index (χ2v) is 6.70. The van der Waals surface area contributed by atoms with Crippen molar-refractivity contribution in [2.45, 2.75) is 13.5 Å². The van der Waals surface area contributed by atoms with Gasteiger partial charge in [0.15, 0.2) is 0 Å². The Balaban J connectivity index is 1.85. The van der Waals surface area contributed by atoms with Crippen molar-refractivity contribution in [1.82, 2.24) is 0 Å². The first-order valence-corrected chi connectivity index (χ1v) is 9.00. The van der Waals surface area contributed by atoms with Crippen LogP contribution in [0.1, 0.15) is 16.7 Å². The van der Waals surface area contributed by atoms with E-state index in [1.165, 1.54) is 0 Å². The number of nitrogens with two attached hydrogens (primary N) is 1. The molecular weight excluding hydrogens is 348 g/mol. The van der Waals surface area contributed by atoms with Gasteiger partial charge in [-0.2, -0.15) is 0 Å². The Morgan fingerprint density at radius 1 is 1.04 bits per heavy atom. The molecule has 0 aromatic heterocycles. The highest BCUT2D eigenvalue weighted by Crippen LogP contribution is 2.35. The first-order valence-electron chi connectivity index (χ1n) is 9.00. The van der Waals surface area contributed by atoms with Crippen molar-refractivity contribution in [3.63, 3.8) is 0 Å². The Bertz CT molecular complexity index is 1010. The Morgan fingerprint density at radius 2 is 1.71 bits per heavy atom. The van der Waals surface area contributed by atoms with Gasteiger partial charge in [0, 0.05) is 24.8 Å². The minimum absolute atomic E-state index is 0.124. The van der Waals surface area contributed by atoms with E-state index in [-0.39, 0.29) is 5.75 Å². The molecule has 3 rings (SSSR count). The van der Waals surface area contributed by atoms with Gasteiger partial charge in [-0.1, -0.05) is 43.0 Å². The number of aromatic hydroxyl groups is 1. The topological polar surface area (TPSA) is 74.2 Å². The van der Waals surface area contributed by atoms with Crippen molar-refractivity contribution >= 4 is 28.8 Å². The number of hydrogen-bond donors (Lipinski definition) is 2. The zero-order valence-corrected chi connectivity index (χ0v) is 16.1. The molecule has 0 atom stereocenters. The maximum Gasteiger partial charge on any atom is 0.148 e. The van der Waals surface area contributed by atoms with Crippen LogP contribution in [0.3, 0.4) is 0 Å². The van der Waals surface area contributed by atoms with Crippen LogP contribution in [0.4, 0.5) is 22.7 Å². The maximum absolute atomic E-state index is 10.7. The van der Waals surface area contributed by atoms with Gasteiger partial charge in [-0.25, -0.2) is 0 Å². The number of rotatable bonds is 6. The SMILES string of the molecule is C=Cc1ccc(N(C)Cc2cc(C)cc(N=Nc3ccccc3N)c2O)cc1. The van der Waals surface area contributed by atoms with E-state index in [1.807, 2.05) is 62.5 Å². The maximum atomic E-state index is 10.7. The molecule has 0 spiro atoms. The van der Waals surface area contributed by atoms with Crippen LogP contribution in [0.25, 0.3) is 6.08 Å². The minimum Gasteiger partial charge on any atom is -0.505 e. The van der Waals surface area contributed by atoms with Crippen molar-refractivity contribution in [3.8, 4) is 5.75 Å². The molecule has 28 heavy (non-hydrogen) atoms. The molecule has 0 aliphatic rings. The molecule has 0 aliphatic heterocycles. The van der Waals surface area contributed by atoms with Gasteiger partial charge in [-0.15, -0.1) is 10.2 Å². The third-order valence-electron chi connectivity index (χ3n) is 4.49. The van der Waals surface area contributed by atoms with E-state index in [4.69, 9.17) is 5.73 Å². The summed E-state index contributed by atoms with van der Waals surface area (Å²) in [5.41, 5.74) is 11.3. The summed E-state index contributed by atoms with van der Waals surface area (Å²) in [7, 11) is 1.98. The van der Waals surface area contributed by atoms with Crippen LogP contribution in [0.2, 0.25) is 0 Å². The van der Waals surface area contributed by atoms with Crippen LogP contribution in [0.5, 0.6) is 5.75 Å². The lowest BCUT2D eigenvalue weighted by Crippen LogP contribution is -2.16. The fraction of sp³-hybridized carbons (Fsp3) is 0.130. The molecule has 3 N–H and O–H groups in total. The fourth-order valence-corrected chi connectivity index (χ4v) is 2.93. The number of para-hydroxylation sites is 1. The van der Waals surface area contributed by atoms with Gasteiger partial charge < -0.3 is 15.7 Å². The van der Waals surface area contributed by atoms with Gasteiger partial charge in [0.05, 0.1) is 5.69 Å². The molecule has 3 aromatic rings. The average molecular weight is 372 g/mol. The summed E-state index contributed by atoms with van der Waals surface area (Å²) in [6.45, 7) is 6.28. The average Bonchev–Trinajstić information content (AvgIpc) is 2.70. The van der Waals surface area contributed by atoms with Crippen molar-refractivity contribution in [3.05, 3.63) is 83.9 Å². The molecule has 0 fully saturated rings. The van der Waals surface area contributed by atoms with Gasteiger partial charge in [0.2, 0.25) is 0 Å². The second-order valence-electron chi connectivity index (χ2n) is 6.70. The van der Waals surface area contributed by atoms with Crippen LogP contribution in [0, 0.1) is 6.92 Å². The zero-order chi connectivity index (χ0) is 20.1. The number of azo groups is 1. The number of nitrogens with zero attached hydrogens (tertiary/aromatic N) is 3. The summed E-state index contributed by atoms with van der Waals surface area (Å²) in [4.78, 5) is 2.07. The van der Waals surface area contributed by atoms with Crippen LogP contribution in [0.15, 0.2) is 77.5 Å². The molecule has 0 amide bonds. The third-order valence-corrected chi connectivity index (χ3v) is 4.49. The summed E-state index contributed by atoms with van der Waals surface area (Å²) in [6, 6.07) is 19.1. The molecule has 0 saturated carbocycles. The van der Waals surface area contributed by atoms with E-state index >= 15 is 0 Å². The molecule has 0 heterocycles. The minimum atomic E-state index is 0.124. The summed E-state index contributed by atoms with van der Waals surface area (Å²) in [5.74, 6) is 0.124. The predicted octanol–water partition coefficient (Wildman–Crippen LogP) is 5.98. The molecule has 0 unspecified atom stereocenters. The monoisotopic (exact) mass is 372 g/mol. The van der Waals surface area contributed by atoms with E-state index in [1.54, 1.807) is 18.2 Å². The molecule has 5 nitrogen and oxygen atoms in total. The standard InChI is InChI=1S/C23H24N4O/c1-4-17-9-11-19(12-10-17)27(3)15-18-13-16(2)14-22(23(18)28)26-25-21-8-6-5-7-20(21)24/h4-14,28H,1,15,24H2,2-3H3. The van der Waals surface area contributed by atoms with E-state index in [2.05, 4.69) is 21.7 Å². The Labute approximate surface area is 165 Å². The molecule has 3 aromatic carbocycles. The van der Waals surface area contributed by atoms with E-state index < -0.39 is 0 Å². The lowest BCUT2D eigenvalue weighted by molar-refractivity contribution is 0.468. The van der Waals surface area contributed by atoms with Crippen molar-refractivity contribution < 1.29 is 5.11 Å². The van der Waals surface area contributed by atoms with Gasteiger partial charge in [-0.3, -0.25) is 0 Å².